The van der Waals surface area contributed by atoms with Crippen LogP contribution in [-0.4, -0.2) is 4.73 Å². The fourth-order valence-corrected chi connectivity index (χ4v) is 3.27. The second-order valence-electron chi connectivity index (χ2n) is 4.64. The van der Waals surface area contributed by atoms with Gasteiger partial charge in [0.25, 0.3) is 0 Å². The SMILES string of the molecule is C=C1CCC2CCCC2C/C1=C/[CH]=[V]. The van der Waals surface area contributed by atoms with Gasteiger partial charge in [-0.15, -0.1) is 0 Å². The number of hydrogen-bond acceptors (Lipinski definition) is 0. The normalized spacial score (nSPS) is 35.4. The van der Waals surface area contributed by atoms with Crippen molar-refractivity contribution in [2.75, 3.05) is 0 Å². The Kier molecular flexibility index (Phi) is 3.46. The number of rotatable bonds is 1. The van der Waals surface area contributed by atoms with E-state index in [2.05, 4.69) is 34.4 Å². The third-order valence-corrected chi connectivity index (χ3v) is 4.08. The van der Waals surface area contributed by atoms with E-state index >= 15 is 0 Å². The molecule has 0 heterocycles. The van der Waals surface area contributed by atoms with Crippen LogP contribution in [0.15, 0.2) is 23.8 Å². The molecule has 2 saturated carbocycles. The molecule has 2 fully saturated rings. The van der Waals surface area contributed by atoms with Gasteiger partial charge in [0.2, 0.25) is 0 Å². The molecule has 2 aliphatic carbocycles. The van der Waals surface area contributed by atoms with E-state index in [0.29, 0.717) is 0 Å². The maximum atomic E-state index is 4.21. The summed E-state index contributed by atoms with van der Waals surface area (Å²) in [7, 11) is 0. The van der Waals surface area contributed by atoms with Gasteiger partial charge in [-0.2, -0.15) is 0 Å². The predicted molar refractivity (Wildman–Crippen MR) is 58.0 cm³/mol. The van der Waals surface area contributed by atoms with Crippen molar-refractivity contribution in [2.45, 2.75) is 38.5 Å². The van der Waals surface area contributed by atoms with Crippen molar-refractivity contribution in [1.29, 1.82) is 0 Å². The van der Waals surface area contributed by atoms with Gasteiger partial charge in [-0.05, 0) is 0 Å². The van der Waals surface area contributed by atoms with Crippen LogP contribution in [-0.2, 0) is 17.0 Å². The summed E-state index contributed by atoms with van der Waals surface area (Å²) in [5.74, 6) is 1.97. The van der Waals surface area contributed by atoms with Crippen molar-refractivity contribution in [3.05, 3.63) is 23.8 Å². The summed E-state index contributed by atoms with van der Waals surface area (Å²) >= 11 is 2.53. The Balaban J connectivity index is 2.15. The third-order valence-electron chi connectivity index (χ3n) is 3.85. The molecule has 0 bridgehead atoms. The average molecular weight is 225 g/mol. The van der Waals surface area contributed by atoms with Gasteiger partial charge in [-0.25, -0.2) is 0 Å². The Morgan fingerprint density at radius 2 is 2.00 bits per heavy atom. The summed E-state index contributed by atoms with van der Waals surface area (Å²) < 4.78 is 2.10. The van der Waals surface area contributed by atoms with Crippen molar-refractivity contribution in [2.24, 2.45) is 11.8 Å². The van der Waals surface area contributed by atoms with E-state index in [9.17, 15) is 0 Å². The Morgan fingerprint density at radius 3 is 2.79 bits per heavy atom. The Labute approximate surface area is 96.0 Å². The van der Waals surface area contributed by atoms with E-state index in [1.165, 1.54) is 49.7 Å². The zero-order valence-corrected chi connectivity index (χ0v) is 10.1. The first-order chi connectivity index (χ1) is 6.81. The van der Waals surface area contributed by atoms with Gasteiger partial charge < -0.3 is 0 Å². The maximum absolute atomic E-state index is 4.21. The molecule has 0 aromatic rings. The Hall–Kier alpha value is -0.0656. The van der Waals surface area contributed by atoms with E-state index in [4.69, 9.17) is 0 Å². The van der Waals surface area contributed by atoms with E-state index in [-0.39, 0.29) is 0 Å². The molecule has 2 atom stereocenters. The molecule has 2 unspecified atom stereocenters. The summed E-state index contributed by atoms with van der Waals surface area (Å²) in [6.45, 7) is 4.21. The molecule has 0 radical (unpaired) electrons. The Morgan fingerprint density at radius 1 is 1.21 bits per heavy atom. The van der Waals surface area contributed by atoms with E-state index in [1.807, 2.05) is 0 Å². The first-order valence-corrected chi connectivity index (χ1v) is 6.46. The molecule has 2 rings (SSSR count). The van der Waals surface area contributed by atoms with Gasteiger partial charge in [0.05, 0.1) is 0 Å². The monoisotopic (exact) mass is 225 g/mol. The van der Waals surface area contributed by atoms with Gasteiger partial charge in [-0.3, -0.25) is 0 Å². The predicted octanol–water partition coefficient (Wildman–Crippen LogP) is 3.42. The number of hydrogen-bond donors (Lipinski definition) is 0. The fourth-order valence-electron chi connectivity index (χ4n) is 2.99. The van der Waals surface area contributed by atoms with Crippen molar-refractivity contribution >= 4 is 4.73 Å². The van der Waals surface area contributed by atoms with Gasteiger partial charge in [0.15, 0.2) is 0 Å². The minimum absolute atomic E-state index is 0.966. The first-order valence-electron chi connectivity index (χ1n) is 5.66. The second-order valence-corrected chi connectivity index (χ2v) is 5.10. The molecule has 1 heteroatoms. The molecule has 0 saturated heterocycles. The standard InChI is InChI=1S/C13H18.V/c1-3-11-9-13-6-4-5-12(13)8-7-10(11)2;/h1,3,12-13H,2,4-9H2;/b11-3-;. The van der Waals surface area contributed by atoms with E-state index in [0.717, 1.165) is 11.8 Å². The molecule has 0 aliphatic heterocycles. The van der Waals surface area contributed by atoms with Gasteiger partial charge in [-0.1, -0.05) is 0 Å². The quantitative estimate of drug-likeness (QED) is 0.641. The molecular formula is C13H18V. The van der Waals surface area contributed by atoms with Crippen molar-refractivity contribution in [3.63, 3.8) is 0 Å². The zero-order valence-electron chi connectivity index (χ0n) is 8.71. The van der Waals surface area contributed by atoms with Crippen molar-refractivity contribution in [1.82, 2.24) is 0 Å². The summed E-state index contributed by atoms with van der Waals surface area (Å²) in [6, 6.07) is 0. The average Bonchev–Trinajstić information content (AvgIpc) is 2.56. The van der Waals surface area contributed by atoms with Gasteiger partial charge >= 0.3 is 95.9 Å². The zero-order chi connectivity index (χ0) is 9.97. The topological polar surface area (TPSA) is 0 Å². The Bertz CT molecular complexity index is 275. The van der Waals surface area contributed by atoms with Crippen LogP contribution < -0.4 is 0 Å². The van der Waals surface area contributed by atoms with Crippen LogP contribution in [0.25, 0.3) is 0 Å². The fraction of sp³-hybridized carbons (Fsp3) is 0.615. The first kappa shape index (κ1) is 10.5. The molecule has 14 heavy (non-hydrogen) atoms. The van der Waals surface area contributed by atoms with E-state index < -0.39 is 0 Å². The molecule has 0 nitrogen and oxygen atoms in total. The number of fused-ring (bicyclic) bond motifs is 1. The molecule has 0 amide bonds. The van der Waals surface area contributed by atoms with Crippen LogP contribution in [0, 0.1) is 11.8 Å². The molecule has 0 aromatic heterocycles. The van der Waals surface area contributed by atoms with Crippen LogP contribution in [0.5, 0.6) is 0 Å². The van der Waals surface area contributed by atoms with Crippen LogP contribution >= 0.6 is 0 Å². The summed E-state index contributed by atoms with van der Waals surface area (Å²) in [5.41, 5.74) is 2.90. The summed E-state index contributed by atoms with van der Waals surface area (Å²) in [6.07, 6.45) is 10.5. The molecule has 2 aliphatic rings. The molecule has 0 spiro atoms. The van der Waals surface area contributed by atoms with Crippen LogP contribution in [0.1, 0.15) is 38.5 Å². The molecule has 0 aromatic carbocycles. The van der Waals surface area contributed by atoms with Crippen LogP contribution in [0.4, 0.5) is 0 Å². The summed E-state index contributed by atoms with van der Waals surface area (Å²) in [5, 5.41) is 0. The number of allylic oxidation sites excluding steroid dienone is 3. The third kappa shape index (κ3) is 2.12. The van der Waals surface area contributed by atoms with Gasteiger partial charge in [0, 0.05) is 0 Å². The summed E-state index contributed by atoms with van der Waals surface area (Å²) in [4.78, 5) is 0. The van der Waals surface area contributed by atoms with Crippen LogP contribution in [0.2, 0.25) is 0 Å². The van der Waals surface area contributed by atoms with Crippen LogP contribution in [0.3, 0.4) is 0 Å². The minimum atomic E-state index is 0.966. The van der Waals surface area contributed by atoms with E-state index in [1.54, 1.807) is 0 Å². The van der Waals surface area contributed by atoms with Crippen molar-refractivity contribution < 1.29 is 17.0 Å². The molecular weight excluding hydrogens is 207 g/mol. The molecule has 75 valence electrons. The molecule has 0 N–H and O–H groups in total. The second kappa shape index (κ2) is 4.64. The van der Waals surface area contributed by atoms with Crippen molar-refractivity contribution in [3.8, 4) is 0 Å². The van der Waals surface area contributed by atoms with Gasteiger partial charge in [0.1, 0.15) is 0 Å².